The van der Waals surface area contributed by atoms with Crippen molar-refractivity contribution in [1.29, 1.82) is 0 Å². The van der Waals surface area contributed by atoms with Crippen LogP contribution >= 0.6 is 0 Å². The largest absolute Gasteiger partial charge is 0.333 e. The highest BCUT2D eigenvalue weighted by molar-refractivity contribution is 6.35. The number of hydrogen-bond acceptors (Lipinski definition) is 2. The maximum atomic E-state index is 11.7. The summed E-state index contributed by atoms with van der Waals surface area (Å²) in [7, 11) is 0. The van der Waals surface area contributed by atoms with Gasteiger partial charge in [-0.2, -0.15) is 0 Å². The van der Waals surface area contributed by atoms with Crippen LogP contribution in [-0.4, -0.2) is 47.3 Å². The number of carbonyl (C=O) groups is 2. The summed E-state index contributed by atoms with van der Waals surface area (Å²) < 4.78 is 0. The van der Waals surface area contributed by atoms with Gasteiger partial charge in [0.1, 0.15) is 0 Å². The lowest BCUT2D eigenvalue weighted by atomic mass is 9.91. The summed E-state index contributed by atoms with van der Waals surface area (Å²) in [5.41, 5.74) is 0. The molecule has 4 nitrogen and oxygen atoms in total. The van der Waals surface area contributed by atoms with E-state index in [0.29, 0.717) is 19.1 Å². The molecule has 2 aliphatic rings. The zero-order chi connectivity index (χ0) is 10.1. The Morgan fingerprint density at radius 3 is 2.43 bits per heavy atom. The van der Waals surface area contributed by atoms with Crippen LogP contribution in [0.1, 0.15) is 26.2 Å². The fraction of sp³-hybridized carbons (Fsp3) is 0.800. The Morgan fingerprint density at radius 2 is 1.93 bits per heavy atom. The van der Waals surface area contributed by atoms with Gasteiger partial charge in [0, 0.05) is 25.7 Å². The van der Waals surface area contributed by atoms with Crippen LogP contribution in [0.5, 0.6) is 0 Å². The van der Waals surface area contributed by atoms with E-state index in [-0.39, 0.29) is 11.8 Å². The first-order valence-corrected chi connectivity index (χ1v) is 5.34. The van der Waals surface area contributed by atoms with Gasteiger partial charge >= 0.3 is 11.8 Å². The molecule has 1 saturated heterocycles. The normalized spacial score (nSPS) is 24.1. The summed E-state index contributed by atoms with van der Waals surface area (Å²) in [5.74, 6) is -0.603. The van der Waals surface area contributed by atoms with E-state index in [1.54, 1.807) is 9.80 Å². The monoisotopic (exact) mass is 196 g/mol. The summed E-state index contributed by atoms with van der Waals surface area (Å²) in [5, 5.41) is 0. The van der Waals surface area contributed by atoms with Crippen LogP contribution in [-0.2, 0) is 9.59 Å². The van der Waals surface area contributed by atoms with Crippen molar-refractivity contribution in [3.05, 3.63) is 0 Å². The number of amides is 2. The van der Waals surface area contributed by atoms with E-state index in [1.807, 2.05) is 6.92 Å². The molecule has 0 radical (unpaired) electrons. The third-order valence-electron chi connectivity index (χ3n) is 3.24. The molecule has 1 aliphatic carbocycles. The van der Waals surface area contributed by atoms with Crippen LogP contribution < -0.4 is 0 Å². The van der Waals surface area contributed by atoms with Crippen molar-refractivity contribution in [2.24, 2.45) is 0 Å². The van der Waals surface area contributed by atoms with Gasteiger partial charge in [0.25, 0.3) is 0 Å². The van der Waals surface area contributed by atoms with E-state index >= 15 is 0 Å². The Balaban J connectivity index is 2.02. The van der Waals surface area contributed by atoms with E-state index in [2.05, 4.69) is 0 Å². The molecule has 0 atom stereocenters. The van der Waals surface area contributed by atoms with Crippen molar-refractivity contribution in [3.63, 3.8) is 0 Å². The van der Waals surface area contributed by atoms with Gasteiger partial charge in [0.15, 0.2) is 0 Å². The van der Waals surface area contributed by atoms with Gasteiger partial charge in [0.2, 0.25) is 0 Å². The number of nitrogens with zero attached hydrogens (tertiary/aromatic N) is 2. The topological polar surface area (TPSA) is 40.6 Å². The molecular formula is C10H16N2O2. The molecule has 14 heavy (non-hydrogen) atoms. The fourth-order valence-electron chi connectivity index (χ4n) is 2.04. The molecule has 0 aromatic heterocycles. The van der Waals surface area contributed by atoms with Crippen LogP contribution in [0.4, 0.5) is 0 Å². The Hall–Kier alpha value is -1.06. The molecule has 0 spiro atoms. The lowest BCUT2D eigenvalue weighted by Gasteiger charge is -2.41. The maximum Gasteiger partial charge on any atom is 0.312 e. The van der Waals surface area contributed by atoms with Crippen LogP contribution in [0.2, 0.25) is 0 Å². The second-order valence-corrected chi connectivity index (χ2v) is 3.97. The second kappa shape index (κ2) is 3.59. The Bertz CT molecular complexity index is 261. The minimum Gasteiger partial charge on any atom is -0.333 e. The molecule has 2 rings (SSSR count). The van der Waals surface area contributed by atoms with E-state index in [4.69, 9.17) is 0 Å². The van der Waals surface area contributed by atoms with Crippen molar-refractivity contribution < 1.29 is 9.59 Å². The van der Waals surface area contributed by atoms with Gasteiger partial charge in [-0.1, -0.05) is 0 Å². The highest BCUT2D eigenvalue weighted by Crippen LogP contribution is 2.26. The second-order valence-electron chi connectivity index (χ2n) is 3.97. The maximum absolute atomic E-state index is 11.7. The van der Waals surface area contributed by atoms with E-state index in [0.717, 1.165) is 19.4 Å². The average molecular weight is 196 g/mol. The Morgan fingerprint density at radius 1 is 1.21 bits per heavy atom. The first kappa shape index (κ1) is 9.49. The van der Waals surface area contributed by atoms with Crippen LogP contribution in [0, 0.1) is 0 Å². The number of rotatable bonds is 2. The van der Waals surface area contributed by atoms with Gasteiger partial charge in [-0.05, 0) is 26.2 Å². The third-order valence-corrected chi connectivity index (χ3v) is 3.24. The summed E-state index contributed by atoms with van der Waals surface area (Å²) in [4.78, 5) is 26.6. The molecule has 0 aromatic carbocycles. The molecule has 0 bridgehead atoms. The standard InChI is InChI=1S/C10H16N2O2/c1-2-11-6-7-12(8-4-3-5-8)10(14)9(11)13/h8H,2-7H2,1H3. The highest BCUT2D eigenvalue weighted by atomic mass is 16.2. The minimum absolute atomic E-state index is 0.289. The first-order valence-electron chi connectivity index (χ1n) is 5.34. The average Bonchev–Trinajstić information content (AvgIpc) is 2.10. The molecule has 4 heteroatoms. The zero-order valence-corrected chi connectivity index (χ0v) is 8.53. The van der Waals surface area contributed by atoms with Crippen LogP contribution in [0.3, 0.4) is 0 Å². The van der Waals surface area contributed by atoms with Crippen LogP contribution in [0.15, 0.2) is 0 Å². The van der Waals surface area contributed by atoms with Crippen LogP contribution in [0.25, 0.3) is 0 Å². The SMILES string of the molecule is CCN1CCN(C2CCC2)C(=O)C1=O. The molecule has 2 fully saturated rings. The smallest absolute Gasteiger partial charge is 0.312 e. The predicted octanol–water partition coefficient (Wildman–Crippen LogP) is 0.230. The Labute approximate surface area is 83.9 Å². The molecule has 0 aromatic rings. The lowest BCUT2D eigenvalue weighted by molar-refractivity contribution is -0.158. The summed E-state index contributed by atoms with van der Waals surface area (Å²) >= 11 is 0. The highest BCUT2D eigenvalue weighted by Gasteiger charge is 2.37. The summed E-state index contributed by atoms with van der Waals surface area (Å²) in [6, 6.07) is 0.352. The third kappa shape index (κ3) is 1.38. The number of piperazine rings is 1. The number of hydrogen-bond donors (Lipinski definition) is 0. The zero-order valence-electron chi connectivity index (χ0n) is 8.53. The van der Waals surface area contributed by atoms with Gasteiger partial charge in [-0.15, -0.1) is 0 Å². The molecule has 1 heterocycles. The van der Waals surface area contributed by atoms with E-state index in [9.17, 15) is 9.59 Å². The molecule has 1 saturated carbocycles. The van der Waals surface area contributed by atoms with Crippen molar-refractivity contribution >= 4 is 11.8 Å². The molecule has 78 valence electrons. The van der Waals surface area contributed by atoms with Gasteiger partial charge in [-0.25, -0.2) is 0 Å². The van der Waals surface area contributed by atoms with Gasteiger partial charge < -0.3 is 9.80 Å². The minimum atomic E-state index is -0.314. The van der Waals surface area contributed by atoms with Crippen molar-refractivity contribution in [1.82, 2.24) is 9.80 Å². The van der Waals surface area contributed by atoms with Gasteiger partial charge in [0.05, 0.1) is 0 Å². The van der Waals surface area contributed by atoms with E-state index < -0.39 is 0 Å². The number of likely N-dealkylation sites (N-methyl/N-ethyl adjacent to an activating group) is 1. The molecule has 1 aliphatic heterocycles. The van der Waals surface area contributed by atoms with Gasteiger partial charge in [-0.3, -0.25) is 9.59 Å². The molecule has 0 N–H and O–H groups in total. The van der Waals surface area contributed by atoms with Crippen molar-refractivity contribution in [2.75, 3.05) is 19.6 Å². The molecule has 0 unspecified atom stereocenters. The summed E-state index contributed by atoms with van der Waals surface area (Å²) in [6.45, 7) is 3.98. The van der Waals surface area contributed by atoms with Crippen molar-refractivity contribution in [3.8, 4) is 0 Å². The van der Waals surface area contributed by atoms with Crippen molar-refractivity contribution in [2.45, 2.75) is 32.2 Å². The first-order chi connectivity index (χ1) is 6.74. The molecular weight excluding hydrogens is 180 g/mol. The quantitative estimate of drug-likeness (QED) is 0.593. The predicted molar refractivity (Wildman–Crippen MR) is 51.6 cm³/mol. The molecule has 2 amide bonds. The fourth-order valence-corrected chi connectivity index (χ4v) is 2.04. The summed E-state index contributed by atoms with van der Waals surface area (Å²) in [6.07, 6.45) is 3.34. The van der Waals surface area contributed by atoms with E-state index in [1.165, 1.54) is 6.42 Å². The Kier molecular flexibility index (Phi) is 2.44. The number of carbonyl (C=O) groups excluding carboxylic acids is 2. The lowest BCUT2D eigenvalue weighted by Crippen LogP contribution is -2.58.